The lowest BCUT2D eigenvalue weighted by Gasteiger charge is -2.41. The van der Waals surface area contributed by atoms with E-state index in [1.54, 1.807) is 0 Å². The van der Waals surface area contributed by atoms with E-state index in [1.807, 2.05) is 42.3 Å². The van der Waals surface area contributed by atoms with Gasteiger partial charge in [-0.3, -0.25) is 4.79 Å². The molecule has 2 N–H and O–H groups in total. The number of benzene rings is 1. The number of rotatable bonds is 6. The summed E-state index contributed by atoms with van der Waals surface area (Å²) in [6, 6.07) is 10.3. The van der Waals surface area contributed by atoms with Crippen LogP contribution in [-0.4, -0.2) is 48.4 Å². The van der Waals surface area contributed by atoms with Gasteiger partial charge in [0.05, 0.1) is 0 Å². The van der Waals surface area contributed by atoms with E-state index < -0.39 is 0 Å². The number of nitrogens with two attached hydrogens (primary N) is 1. The predicted octanol–water partition coefficient (Wildman–Crippen LogP) is 2.66. The number of nitrogens with zero attached hydrogens (tertiary/aromatic N) is 2. The van der Waals surface area contributed by atoms with Crippen LogP contribution in [0.15, 0.2) is 30.3 Å². The Bertz CT molecular complexity index is 491. The highest BCUT2D eigenvalue weighted by Gasteiger charge is 2.30. The zero-order valence-electron chi connectivity index (χ0n) is 14.7. The van der Waals surface area contributed by atoms with E-state index in [1.165, 1.54) is 0 Å². The van der Waals surface area contributed by atoms with Crippen molar-refractivity contribution in [3.05, 3.63) is 35.9 Å². The summed E-state index contributed by atoms with van der Waals surface area (Å²) < 4.78 is 0. The van der Waals surface area contributed by atoms with Crippen LogP contribution in [0.2, 0.25) is 0 Å². The zero-order chi connectivity index (χ0) is 16.8. The van der Waals surface area contributed by atoms with Crippen molar-refractivity contribution >= 4 is 5.91 Å². The molecule has 1 aliphatic rings. The van der Waals surface area contributed by atoms with Crippen LogP contribution < -0.4 is 5.73 Å². The van der Waals surface area contributed by atoms with Gasteiger partial charge in [-0.05, 0) is 30.9 Å². The number of hydrogen-bond acceptors (Lipinski definition) is 3. The molecule has 23 heavy (non-hydrogen) atoms. The molecule has 1 heterocycles. The smallest absolute Gasteiger partial charge is 0.222 e. The average molecular weight is 317 g/mol. The molecule has 0 aromatic heterocycles. The Hall–Kier alpha value is -1.39. The monoisotopic (exact) mass is 317 g/mol. The van der Waals surface area contributed by atoms with Crippen molar-refractivity contribution in [1.82, 2.24) is 9.80 Å². The largest absolute Gasteiger partial charge is 0.342 e. The Kier molecular flexibility index (Phi) is 6.60. The molecule has 128 valence electrons. The molecule has 0 saturated carbocycles. The lowest BCUT2D eigenvalue weighted by atomic mass is 9.92. The van der Waals surface area contributed by atoms with Crippen LogP contribution in [0.25, 0.3) is 0 Å². The zero-order valence-corrected chi connectivity index (χ0v) is 14.7. The second-order valence-electron chi connectivity index (χ2n) is 6.79. The highest BCUT2D eigenvalue weighted by Crippen LogP contribution is 2.23. The summed E-state index contributed by atoms with van der Waals surface area (Å²) >= 11 is 0. The number of piperidine rings is 1. The van der Waals surface area contributed by atoms with Gasteiger partial charge in [-0.2, -0.15) is 0 Å². The molecule has 1 aromatic rings. The topological polar surface area (TPSA) is 49.6 Å². The third-order valence-electron chi connectivity index (χ3n) is 5.18. The first-order valence-electron chi connectivity index (χ1n) is 8.81. The van der Waals surface area contributed by atoms with Crippen molar-refractivity contribution in [3.63, 3.8) is 0 Å². The van der Waals surface area contributed by atoms with Crippen molar-refractivity contribution in [2.24, 2.45) is 11.7 Å². The van der Waals surface area contributed by atoms with E-state index in [2.05, 4.69) is 18.7 Å². The molecule has 1 aromatic carbocycles. The molecule has 4 heteroatoms. The summed E-state index contributed by atoms with van der Waals surface area (Å²) in [5.41, 5.74) is 7.31. The third kappa shape index (κ3) is 4.79. The van der Waals surface area contributed by atoms with Gasteiger partial charge in [-0.15, -0.1) is 0 Å². The standard InChI is InChI=1S/C19H31N3O/c1-4-22-13-12-18(15(2)14-22)21(3)19(23)11-10-17(20)16-8-6-5-7-9-16/h5-9,15,17-18H,4,10-14,20H2,1-3H3. The Labute approximate surface area is 140 Å². The third-order valence-corrected chi connectivity index (χ3v) is 5.18. The molecular weight excluding hydrogens is 286 g/mol. The molecule has 1 fully saturated rings. The predicted molar refractivity (Wildman–Crippen MR) is 95.1 cm³/mol. The minimum Gasteiger partial charge on any atom is -0.342 e. The molecular formula is C19H31N3O. The van der Waals surface area contributed by atoms with Gasteiger partial charge in [0.15, 0.2) is 0 Å². The molecule has 3 unspecified atom stereocenters. The van der Waals surface area contributed by atoms with Gasteiger partial charge in [0.1, 0.15) is 0 Å². The number of hydrogen-bond donors (Lipinski definition) is 1. The summed E-state index contributed by atoms with van der Waals surface area (Å²) in [4.78, 5) is 17.0. The summed E-state index contributed by atoms with van der Waals surface area (Å²) in [7, 11) is 1.96. The van der Waals surface area contributed by atoms with Crippen molar-refractivity contribution in [2.45, 2.75) is 45.2 Å². The number of likely N-dealkylation sites (tertiary alicyclic amines) is 1. The molecule has 1 saturated heterocycles. The second-order valence-corrected chi connectivity index (χ2v) is 6.79. The maximum Gasteiger partial charge on any atom is 0.222 e. The highest BCUT2D eigenvalue weighted by atomic mass is 16.2. The van der Waals surface area contributed by atoms with Crippen LogP contribution in [0.4, 0.5) is 0 Å². The van der Waals surface area contributed by atoms with Gasteiger partial charge >= 0.3 is 0 Å². The number of amides is 1. The maximum atomic E-state index is 12.5. The van der Waals surface area contributed by atoms with Crippen molar-refractivity contribution < 1.29 is 4.79 Å². The Morgan fingerprint density at radius 1 is 1.39 bits per heavy atom. The maximum absolute atomic E-state index is 12.5. The fraction of sp³-hybridized carbons (Fsp3) is 0.632. The van der Waals surface area contributed by atoms with E-state index in [-0.39, 0.29) is 11.9 Å². The van der Waals surface area contributed by atoms with Crippen LogP contribution in [0.5, 0.6) is 0 Å². The number of carbonyl (C=O) groups excluding carboxylic acids is 1. The average Bonchev–Trinajstić information content (AvgIpc) is 2.59. The van der Waals surface area contributed by atoms with Crippen LogP contribution in [0, 0.1) is 5.92 Å². The quantitative estimate of drug-likeness (QED) is 0.877. The minimum atomic E-state index is -0.0621. The SMILES string of the molecule is CCN1CCC(N(C)C(=O)CCC(N)c2ccccc2)C(C)C1. The minimum absolute atomic E-state index is 0.0621. The molecule has 0 aliphatic carbocycles. The fourth-order valence-corrected chi connectivity index (χ4v) is 3.59. The first-order chi connectivity index (χ1) is 11.0. The molecule has 0 radical (unpaired) electrons. The first kappa shape index (κ1) is 18.0. The van der Waals surface area contributed by atoms with Gasteiger partial charge in [0.2, 0.25) is 5.91 Å². The molecule has 1 amide bonds. The van der Waals surface area contributed by atoms with E-state index in [4.69, 9.17) is 5.73 Å². The molecule has 0 bridgehead atoms. The van der Waals surface area contributed by atoms with Crippen molar-refractivity contribution in [3.8, 4) is 0 Å². The molecule has 3 atom stereocenters. The van der Waals surface area contributed by atoms with Crippen LogP contribution >= 0.6 is 0 Å². The molecule has 4 nitrogen and oxygen atoms in total. The van der Waals surface area contributed by atoms with Gasteiger partial charge in [-0.1, -0.05) is 44.2 Å². The van der Waals surface area contributed by atoms with E-state index in [9.17, 15) is 4.79 Å². The van der Waals surface area contributed by atoms with E-state index >= 15 is 0 Å². The summed E-state index contributed by atoms with van der Waals surface area (Å²) in [5, 5.41) is 0. The van der Waals surface area contributed by atoms with Gasteiger partial charge in [0, 0.05) is 38.6 Å². The Morgan fingerprint density at radius 3 is 2.70 bits per heavy atom. The van der Waals surface area contributed by atoms with Crippen LogP contribution in [0.1, 0.15) is 44.7 Å². The van der Waals surface area contributed by atoms with Gasteiger partial charge < -0.3 is 15.5 Å². The number of carbonyl (C=O) groups is 1. The molecule has 0 spiro atoms. The van der Waals surface area contributed by atoms with Gasteiger partial charge in [0.25, 0.3) is 0 Å². The van der Waals surface area contributed by atoms with Crippen molar-refractivity contribution in [2.75, 3.05) is 26.7 Å². The Balaban J connectivity index is 1.83. The fourth-order valence-electron chi connectivity index (χ4n) is 3.59. The lowest BCUT2D eigenvalue weighted by Crippen LogP contribution is -2.50. The summed E-state index contributed by atoms with van der Waals surface area (Å²) in [6.45, 7) is 7.73. The highest BCUT2D eigenvalue weighted by molar-refractivity contribution is 5.76. The molecule has 1 aliphatic heterocycles. The first-order valence-corrected chi connectivity index (χ1v) is 8.81. The van der Waals surface area contributed by atoms with E-state index in [0.717, 1.165) is 31.6 Å². The summed E-state index contributed by atoms with van der Waals surface area (Å²) in [5.74, 6) is 0.749. The van der Waals surface area contributed by atoms with Crippen molar-refractivity contribution in [1.29, 1.82) is 0 Å². The van der Waals surface area contributed by atoms with E-state index in [0.29, 0.717) is 24.8 Å². The Morgan fingerprint density at radius 2 is 2.09 bits per heavy atom. The van der Waals surface area contributed by atoms with Gasteiger partial charge in [-0.25, -0.2) is 0 Å². The summed E-state index contributed by atoms with van der Waals surface area (Å²) in [6.07, 6.45) is 2.30. The second kappa shape index (κ2) is 8.46. The normalized spacial score (nSPS) is 23.5. The lowest BCUT2D eigenvalue weighted by molar-refractivity contribution is -0.134. The van der Waals surface area contributed by atoms with Crippen LogP contribution in [-0.2, 0) is 4.79 Å². The molecule has 2 rings (SSSR count). The van der Waals surface area contributed by atoms with Crippen LogP contribution in [0.3, 0.4) is 0 Å².